The molecular weight excluding hydrogens is 435 g/mol. The highest BCUT2D eigenvalue weighted by Gasteiger charge is 2.38. The Labute approximate surface area is 191 Å². The molecule has 2 aromatic carbocycles. The summed E-state index contributed by atoms with van der Waals surface area (Å²) in [5, 5.41) is 10.3. The molecule has 1 unspecified atom stereocenters. The summed E-state index contributed by atoms with van der Waals surface area (Å²) in [5.74, 6) is 0.114. The van der Waals surface area contributed by atoms with Crippen LogP contribution in [0.4, 0.5) is 4.79 Å². The number of carbonyl (C=O) groups excluding carboxylic acids is 2. The van der Waals surface area contributed by atoms with Crippen LogP contribution >= 0.6 is 23.2 Å². The number of halogens is 2. The molecule has 1 N–H and O–H groups in total. The van der Waals surface area contributed by atoms with Gasteiger partial charge in [-0.05, 0) is 49.1 Å². The second kappa shape index (κ2) is 9.71. The van der Waals surface area contributed by atoms with Crippen molar-refractivity contribution in [1.82, 2.24) is 15.2 Å². The fourth-order valence-electron chi connectivity index (χ4n) is 3.95. The SMILES string of the molecule is O=C(NCCc1ccc(Cl)cc1)N1CC(N2CCCCC2=O)C(c2ccc(Cl)cc2)=N1. The van der Waals surface area contributed by atoms with Gasteiger partial charge in [0.05, 0.1) is 18.3 Å². The zero-order chi connectivity index (χ0) is 21.8. The number of piperidine rings is 1. The van der Waals surface area contributed by atoms with Crippen LogP contribution in [0, 0.1) is 0 Å². The molecule has 8 heteroatoms. The van der Waals surface area contributed by atoms with Crippen molar-refractivity contribution < 1.29 is 9.59 Å². The summed E-state index contributed by atoms with van der Waals surface area (Å²) in [7, 11) is 0. The lowest BCUT2D eigenvalue weighted by atomic mass is 10.00. The number of hydrogen-bond donors (Lipinski definition) is 1. The van der Waals surface area contributed by atoms with Gasteiger partial charge in [0, 0.05) is 35.1 Å². The number of carbonyl (C=O) groups is 2. The summed E-state index contributed by atoms with van der Waals surface area (Å²) in [5.41, 5.74) is 2.68. The second-order valence-corrected chi connectivity index (χ2v) is 8.62. The molecule has 1 atom stereocenters. The van der Waals surface area contributed by atoms with Crippen LogP contribution in [0.5, 0.6) is 0 Å². The average Bonchev–Trinajstić information content (AvgIpc) is 3.21. The van der Waals surface area contributed by atoms with E-state index in [1.807, 2.05) is 41.3 Å². The standard InChI is InChI=1S/C23H24Cl2N4O2/c24-18-8-4-16(5-9-18)12-13-26-23(31)29-15-20(28-14-2-1-3-21(28)30)22(27-29)17-6-10-19(25)11-7-17/h4-11,20H,1-3,12-15H2,(H,26,31). The van der Waals surface area contributed by atoms with Crippen LogP contribution in [-0.2, 0) is 11.2 Å². The maximum absolute atomic E-state index is 12.8. The van der Waals surface area contributed by atoms with Crippen LogP contribution in [0.3, 0.4) is 0 Å². The Hall–Kier alpha value is -2.57. The van der Waals surface area contributed by atoms with Gasteiger partial charge in [0.25, 0.3) is 0 Å². The first-order chi connectivity index (χ1) is 15.0. The van der Waals surface area contributed by atoms with E-state index in [0.29, 0.717) is 42.5 Å². The molecule has 0 saturated carbocycles. The highest BCUT2D eigenvalue weighted by Crippen LogP contribution is 2.24. The molecule has 4 rings (SSSR count). The summed E-state index contributed by atoms with van der Waals surface area (Å²) < 4.78 is 0. The number of benzene rings is 2. The zero-order valence-electron chi connectivity index (χ0n) is 17.1. The number of nitrogens with one attached hydrogen (secondary N) is 1. The fraction of sp³-hybridized carbons (Fsp3) is 0.348. The van der Waals surface area contributed by atoms with Crippen molar-refractivity contribution in [2.45, 2.75) is 31.7 Å². The van der Waals surface area contributed by atoms with Gasteiger partial charge in [-0.15, -0.1) is 0 Å². The first-order valence-corrected chi connectivity index (χ1v) is 11.2. The summed E-state index contributed by atoms with van der Waals surface area (Å²) in [4.78, 5) is 27.2. The number of urea groups is 1. The molecule has 0 radical (unpaired) electrons. The van der Waals surface area contributed by atoms with Gasteiger partial charge in [0.2, 0.25) is 5.91 Å². The summed E-state index contributed by atoms with van der Waals surface area (Å²) in [6.45, 7) is 1.51. The topological polar surface area (TPSA) is 65.0 Å². The molecule has 2 heterocycles. The number of rotatable bonds is 5. The van der Waals surface area contributed by atoms with Gasteiger partial charge in [0.1, 0.15) is 0 Å². The molecule has 3 amide bonds. The Bertz CT molecular complexity index is 976. The van der Waals surface area contributed by atoms with E-state index < -0.39 is 0 Å². The van der Waals surface area contributed by atoms with Gasteiger partial charge in [-0.25, -0.2) is 9.80 Å². The highest BCUT2D eigenvalue weighted by atomic mass is 35.5. The van der Waals surface area contributed by atoms with Crippen molar-refractivity contribution in [2.75, 3.05) is 19.6 Å². The van der Waals surface area contributed by atoms with Gasteiger partial charge in [-0.3, -0.25) is 4.79 Å². The Morgan fingerprint density at radius 1 is 1.03 bits per heavy atom. The van der Waals surface area contributed by atoms with E-state index in [1.165, 1.54) is 5.01 Å². The van der Waals surface area contributed by atoms with Gasteiger partial charge in [0.15, 0.2) is 0 Å². The Morgan fingerprint density at radius 3 is 2.39 bits per heavy atom. The minimum absolute atomic E-state index is 0.114. The van der Waals surface area contributed by atoms with E-state index in [1.54, 1.807) is 12.1 Å². The highest BCUT2D eigenvalue weighted by molar-refractivity contribution is 6.31. The summed E-state index contributed by atoms with van der Waals surface area (Å²) >= 11 is 12.0. The molecule has 1 saturated heterocycles. The average molecular weight is 459 g/mol. The number of hydrogen-bond acceptors (Lipinski definition) is 3. The van der Waals surface area contributed by atoms with Crippen molar-refractivity contribution in [3.05, 3.63) is 69.7 Å². The summed E-state index contributed by atoms with van der Waals surface area (Å²) in [6, 6.07) is 14.4. The van der Waals surface area contributed by atoms with Crippen molar-refractivity contribution in [2.24, 2.45) is 5.10 Å². The Morgan fingerprint density at radius 2 is 1.71 bits per heavy atom. The third-order valence-electron chi connectivity index (χ3n) is 5.60. The first-order valence-electron chi connectivity index (χ1n) is 10.4. The first kappa shape index (κ1) is 21.7. The van der Waals surface area contributed by atoms with E-state index >= 15 is 0 Å². The molecule has 0 aromatic heterocycles. The molecule has 0 spiro atoms. The lowest BCUT2D eigenvalue weighted by Crippen LogP contribution is -2.50. The van der Waals surface area contributed by atoms with Crippen LogP contribution in [0.25, 0.3) is 0 Å². The van der Waals surface area contributed by atoms with Crippen molar-refractivity contribution in [3.63, 3.8) is 0 Å². The smallest absolute Gasteiger partial charge is 0.336 e. The third kappa shape index (κ3) is 5.20. The van der Waals surface area contributed by atoms with Crippen LogP contribution in [0.15, 0.2) is 53.6 Å². The number of amides is 3. The van der Waals surface area contributed by atoms with Crippen LogP contribution in [-0.4, -0.2) is 53.2 Å². The molecule has 6 nitrogen and oxygen atoms in total. The predicted molar refractivity (Wildman–Crippen MR) is 123 cm³/mol. The van der Waals surface area contributed by atoms with Crippen molar-refractivity contribution in [3.8, 4) is 0 Å². The molecule has 2 aliphatic rings. The summed E-state index contributed by atoms with van der Waals surface area (Å²) in [6.07, 6.45) is 3.10. The third-order valence-corrected chi connectivity index (χ3v) is 6.11. The molecule has 31 heavy (non-hydrogen) atoms. The van der Waals surface area contributed by atoms with Gasteiger partial charge >= 0.3 is 6.03 Å². The molecule has 0 bridgehead atoms. The Balaban J connectivity index is 1.46. The molecule has 1 fully saturated rings. The van der Waals surface area contributed by atoms with Crippen LogP contribution < -0.4 is 5.32 Å². The lowest BCUT2D eigenvalue weighted by Gasteiger charge is -2.33. The number of likely N-dealkylation sites (tertiary alicyclic amines) is 1. The normalized spacial score (nSPS) is 18.8. The zero-order valence-corrected chi connectivity index (χ0v) is 18.6. The number of nitrogens with zero attached hydrogens (tertiary/aromatic N) is 3. The largest absolute Gasteiger partial charge is 0.337 e. The van der Waals surface area contributed by atoms with Gasteiger partial charge < -0.3 is 10.2 Å². The maximum Gasteiger partial charge on any atom is 0.337 e. The lowest BCUT2D eigenvalue weighted by molar-refractivity contribution is -0.134. The Kier molecular flexibility index (Phi) is 6.78. The maximum atomic E-state index is 12.8. The van der Waals surface area contributed by atoms with E-state index in [0.717, 1.165) is 29.7 Å². The predicted octanol–water partition coefficient (Wildman–Crippen LogP) is 4.35. The van der Waals surface area contributed by atoms with E-state index in [9.17, 15) is 9.59 Å². The van der Waals surface area contributed by atoms with E-state index in [4.69, 9.17) is 23.2 Å². The quantitative estimate of drug-likeness (QED) is 0.723. The van der Waals surface area contributed by atoms with E-state index in [2.05, 4.69) is 10.4 Å². The minimum Gasteiger partial charge on any atom is -0.336 e. The molecule has 2 aliphatic heterocycles. The van der Waals surface area contributed by atoms with Crippen molar-refractivity contribution >= 4 is 40.9 Å². The fourth-order valence-corrected chi connectivity index (χ4v) is 4.20. The van der Waals surface area contributed by atoms with Gasteiger partial charge in [-0.2, -0.15) is 5.10 Å². The minimum atomic E-state index is -0.271. The molecular formula is C23H24Cl2N4O2. The monoisotopic (exact) mass is 458 g/mol. The second-order valence-electron chi connectivity index (χ2n) is 7.74. The van der Waals surface area contributed by atoms with Crippen LogP contribution in [0.2, 0.25) is 10.0 Å². The number of hydrazone groups is 1. The van der Waals surface area contributed by atoms with Crippen molar-refractivity contribution in [1.29, 1.82) is 0 Å². The van der Waals surface area contributed by atoms with Gasteiger partial charge in [-0.1, -0.05) is 47.5 Å². The molecule has 162 valence electrons. The van der Waals surface area contributed by atoms with Crippen LogP contribution in [0.1, 0.15) is 30.4 Å². The molecule has 0 aliphatic carbocycles. The van der Waals surface area contributed by atoms with E-state index in [-0.39, 0.29) is 18.0 Å². The molecule has 2 aromatic rings.